The van der Waals surface area contributed by atoms with Crippen molar-refractivity contribution in [3.05, 3.63) is 29.3 Å². The average Bonchev–Trinajstić information content (AvgIpc) is 2.61. The quantitative estimate of drug-likeness (QED) is 0.665. The van der Waals surface area contributed by atoms with Crippen LogP contribution in [0.1, 0.15) is 32.6 Å². The van der Waals surface area contributed by atoms with Crippen molar-refractivity contribution < 1.29 is 9.59 Å². The van der Waals surface area contributed by atoms with Gasteiger partial charge in [0.15, 0.2) is 0 Å². The maximum absolute atomic E-state index is 12.9. The molecule has 2 rings (SSSR count). The third kappa shape index (κ3) is 6.65. The molecule has 1 aliphatic rings. The summed E-state index contributed by atoms with van der Waals surface area (Å²) in [6.07, 6.45) is 3.31. The highest BCUT2D eigenvalue weighted by molar-refractivity contribution is 8.00. The van der Waals surface area contributed by atoms with Gasteiger partial charge in [-0.05, 0) is 38.3 Å². The molecule has 0 radical (unpaired) electrons. The third-order valence-corrected chi connectivity index (χ3v) is 5.91. The van der Waals surface area contributed by atoms with Gasteiger partial charge in [-0.1, -0.05) is 23.7 Å². The maximum atomic E-state index is 12.9. The summed E-state index contributed by atoms with van der Waals surface area (Å²) in [4.78, 5) is 27.4. The van der Waals surface area contributed by atoms with E-state index in [1.54, 1.807) is 0 Å². The molecule has 2 amide bonds. The molecular formula is C18H27Cl2N3O2S. The minimum atomic E-state index is -0.222. The molecule has 1 heterocycles. The SMILES string of the molecule is CC(Sc1ccccc1Cl)C(=O)N1CCCCC1CNC(=O)CCN.Cl. The monoisotopic (exact) mass is 419 g/mol. The second-order valence-electron chi connectivity index (χ2n) is 6.21. The van der Waals surface area contributed by atoms with Crippen LogP contribution in [-0.2, 0) is 9.59 Å². The summed E-state index contributed by atoms with van der Waals surface area (Å²) in [6, 6.07) is 7.61. The normalized spacial score (nSPS) is 18.0. The van der Waals surface area contributed by atoms with Crippen molar-refractivity contribution in [2.45, 2.75) is 48.8 Å². The number of rotatable bonds is 7. The van der Waals surface area contributed by atoms with Crippen LogP contribution in [0.2, 0.25) is 5.02 Å². The number of nitrogens with one attached hydrogen (secondary N) is 1. The molecule has 146 valence electrons. The number of carbonyl (C=O) groups excluding carboxylic acids is 2. The summed E-state index contributed by atoms with van der Waals surface area (Å²) < 4.78 is 0. The van der Waals surface area contributed by atoms with Crippen LogP contribution in [-0.4, -0.2) is 47.6 Å². The zero-order valence-electron chi connectivity index (χ0n) is 14.9. The molecule has 8 heteroatoms. The highest BCUT2D eigenvalue weighted by atomic mass is 35.5. The molecule has 2 unspecified atom stereocenters. The lowest BCUT2D eigenvalue weighted by Gasteiger charge is -2.37. The Labute approximate surface area is 170 Å². The number of thioether (sulfide) groups is 1. The molecule has 0 saturated carbocycles. The Kier molecular flexibility index (Phi) is 10.4. The Bertz CT molecular complexity index is 604. The van der Waals surface area contributed by atoms with Crippen LogP contribution >= 0.6 is 35.8 Å². The van der Waals surface area contributed by atoms with Gasteiger partial charge in [0.05, 0.1) is 10.3 Å². The molecule has 0 bridgehead atoms. The first-order chi connectivity index (χ1) is 12.0. The standard InChI is InChI=1S/C18H26ClN3O2S.ClH/c1-13(25-16-8-3-2-7-15(16)19)18(24)22-11-5-4-6-14(22)12-21-17(23)9-10-20;/h2-3,7-8,13-14H,4-6,9-12,20H2,1H3,(H,21,23);1H. The Morgan fingerprint density at radius 1 is 1.38 bits per heavy atom. The van der Waals surface area contributed by atoms with E-state index >= 15 is 0 Å². The number of hydrogen-bond donors (Lipinski definition) is 2. The van der Waals surface area contributed by atoms with Crippen LogP contribution in [0.4, 0.5) is 0 Å². The number of carbonyl (C=O) groups is 2. The van der Waals surface area contributed by atoms with Gasteiger partial charge in [0.1, 0.15) is 0 Å². The van der Waals surface area contributed by atoms with Crippen LogP contribution in [0.25, 0.3) is 0 Å². The predicted molar refractivity (Wildman–Crippen MR) is 110 cm³/mol. The number of halogens is 2. The lowest BCUT2D eigenvalue weighted by atomic mass is 10.0. The topological polar surface area (TPSA) is 75.4 Å². The van der Waals surface area contributed by atoms with Crippen molar-refractivity contribution in [1.82, 2.24) is 10.2 Å². The van der Waals surface area contributed by atoms with Gasteiger partial charge in [0.2, 0.25) is 11.8 Å². The Hall–Kier alpha value is -0.950. The highest BCUT2D eigenvalue weighted by Gasteiger charge is 2.30. The van der Waals surface area contributed by atoms with Gasteiger partial charge in [0.25, 0.3) is 0 Å². The van der Waals surface area contributed by atoms with E-state index in [-0.39, 0.29) is 35.5 Å². The van der Waals surface area contributed by atoms with Crippen molar-refractivity contribution in [3.8, 4) is 0 Å². The van der Waals surface area contributed by atoms with Crippen LogP contribution in [0.3, 0.4) is 0 Å². The molecule has 0 spiro atoms. The van der Waals surface area contributed by atoms with Crippen LogP contribution in [0.5, 0.6) is 0 Å². The second kappa shape index (κ2) is 11.7. The fourth-order valence-corrected chi connectivity index (χ4v) is 4.19. The van der Waals surface area contributed by atoms with Crippen molar-refractivity contribution in [3.63, 3.8) is 0 Å². The Morgan fingerprint density at radius 3 is 2.81 bits per heavy atom. The van der Waals surface area contributed by atoms with Crippen molar-refractivity contribution >= 4 is 47.6 Å². The number of benzene rings is 1. The third-order valence-electron chi connectivity index (χ3n) is 4.30. The van der Waals surface area contributed by atoms with E-state index in [9.17, 15) is 9.59 Å². The molecule has 1 saturated heterocycles. The van der Waals surface area contributed by atoms with Crippen molar-refractivity contribution in [2.75, 3.05) is 19.6 Å². The highest BCUT2D eigenvalue weighted by Crippen LogP contribution is 2.31. The second-order valence-corrected chi connectivity index (χ2v) is 8.00. The number of hydrogen-bond acceptors (Lipinski definition) is 4. The average molecular weight is 420 g/mol. The summed E-state index contributed by atoms with van der Waals surface area (Å²) in [7, 11) is 0. The number of likely N-dealkylation sites (tertiary alicyclic amines) is 1. The molecule has 2 atom stereocenters. The van der Waals surface area contributed by atoms with Gasteiger partial charge >= 0.3 is 0 Å². The van der Waals surface area contributed by atoms with Crippen molar-refractivity contribution in [2.24, 2.45) is 5.73 Å². The molecule has 1 aromatic carbocycles. The van der Waals surface area contributed by atoms with Gasteiger partial charge in [-0.2, -0.15) is 0 Å². The Balaban J connectivity index is 0.00000338. The molecule has 1 aliphatic heterocycles. The first-order valence-corrected chi connectivity index (χ1v) is 9.97. The van der Waals surface area contributed by atoms with Crippen LogP contribution < -0.4 is 11.1 Å². The maximum Gasteiger partial charge on any atom is 0.236 e. The zero-order chi connectivity index (χ0) is 18.2. The first kappa shape index (κ1) is 23.1. The smallest absolute Gasteiger partial charge is 0.236 e. The zero-order valence-corrected chi connectivity index (χ0v) is 17.3. The number of nitrogens with two attached hydrogens (primary N) is 1. The van der Waals surface area contributed by atoms with E-state index in [0.717, 1.165) is 30.7 Å². The van der Waals surface area contributed by atoms with Gasteiger partial charge in [-0.25, -0.2) is 0 Å². The lowest BCUT2D eigenvalue weighted by molar-refractivity contribution is -0.134. The van der Waals surface area contributed by atoms with E-state index in [2.05, 4.69) is 5.32 Å². The molecule has 3 N–H and O–H groups in total. The van der Waals surface area contributed by atoms with E-state index in [4.69, 9.17) is 17.3 Å². The fraction of sp³-hybridized carbons (Fsp3) is 0.556. The van der Waals surface area contributed by atoms with Gasteiger partial charge in [-0.3, -0.25) is 9.59 Å². The Morgan fingerprint density at radius 2 is 2.12 bits per heavy atom. The first-order valence-electron chi connectivity index (χ1n) is 8.71. The van der Waals surface area contributed by atoms with Gasteiger partial charge in [-0.15, -0.1) is 24.2 Å². The minimum absolute atomic E-state index is 0. The molecule has 26 heavy (non-hydrogen) atoms. The fourth-order valence-electron chi connectivity index (χ4n) is 2.97. The molecule has 0 aliphatic carbocycles. The minimum Gasteiger partial charge on any atom is -0.354 e. The molecule has 5 nitrogen and oxygen atoms in total. The summed E-state index contributed by atoms with van der Waals surface area (Å²) in [6.45, 7) is 3.48. The lowest BCUT2D eigenvalue weighted by Crippen LogP contribution is -2.51. The van der Waals surface area contributed by atoms with Crippen LogP contribution in [0.15, 0.2) is 29.2 Å². The summed E-state index contributed by atoms with van der Waals surface area (Å²) in [5, 5.41) is 3.34. The molecule has 1 fully saturated rings. The number of nitrogens with zero attached hydrogens (tertiary/aromatic N) is 1. The largest absolute Gasteiger partial charge is 0.354 e. The van der Waals surface area contributed by atoms with E-state index in [1.807, 2.05) is 36.1 Å². The van der Waals surface area contributed by atoms with Gasteiger partial charge < -0.3 is 16.0 Å². The molecule has 1 aromatic rings. The number of piperidine rings is 1. The van der Waals surface area contributed by atoms with Crippen molar-refractivity contribution in [1.29, 1.82) is 0 Å². The van der Waals surface area contributed by atoms with Crippen LogP contribution in [0, 0.1) is 0 Å². The summed E-state index contributed by atoms with van der Waals surface area (Å²) in [5.74, 6) is 0.0432. The summed E-state index contributed by atoms with van der Waals surface area (Å²) >= 11 is 7.68. The predicted octanol–water partition coefficient (Wildman–Crippen LogP) is 3.09. The molecule has 0 aromatic heterocycles. The van der Waals surface area contributed by atoms with E-state index in [0.29, 0.717) is 24.5 Å². The number of amides is 2. The molecular weight excluding hydrogens is 393 g/mol. The summed E-state index contributed by atoms with van der Waals surface area (Å²) in [5.41, 5.74) is 5.40. The van der Waals surface area contributed by atoms with E-state index < -0.39 is 0 Å². The van der Waals surface area contributed by atoms with Gasteiger partial charge in [0, 0.05) is 37.0 Å². The van der Waals surface area contributed by atoms with E-state index in [1.165, 1.54) is 11.8 Å².